The average Bonchev–Trinajstić information content (AvgIpc) is 2.04. The van der Waals surface area contributed by atoms with Crippen molar-refractivity contribution in [1.82, 2.24) is 10.4 Å². The minimum atomic E-state index is 1.04. The number of nitrogens with one attached hydrogen (secondary N) is 1. The van der Waals surface area contributed by atoms with Crippen LogP contribution in [0.2, 0.25) is 0 Å². The summed E-state index contributed by atoms with van der Waals surface area (Å²) >= 11 is 0. The first-order valence-corrected chi connectivity index (χ1v) is 4.22. The molecule has 0 saturated heterocycles. The Morgan fingerprint density at radius 2 is 2.33 bits per heavy atom. The van der Waals surface area contributed by atoms with Gasteiger partial charge in [0.15, 0.2) is 0 Å². The molecule has 0 aromatic carbocycles. The highest BCUT2D eigenvalue weighted by Crippen LogP contribution is 2.15. The Bertz CT molecular complexity index is 226. The smallest absolute Gasteiger partial charge is 0.0506 e. The summed E-state index contributed by atoms with van der Waals surface area (Å²) < 4.78 is 0. The van der Waals surface area contributed by atoms with Gasteiger partial charge in [-0.15, -0.1) is 0 Å². The van der Waals surface area contributed by atoms with Crippen LogP contribution < -0.4 is 5.43 Å². The van der Waals surface area contributed by atoms with Crippen LogP contribution in [0.4, 0.5) is 0 Å². The van der Waals surface area contributed by atoms with Crippen molar-refractivity contribution < 1.29 is 0 Å². The second kappa shape index (κ2) is 4.12. The third-order valence-corrected chi connectivity index (χ3v) is 2.04. The van der Waals surface area contributed by atoms with Crippen molar-refractivity contribution in [2.45, 2.75) is 13.3 Å². The maximum atomic E-state index is 3.65. The Kier molecular flexibility index (Phi) is 3.11. The molecule has 0 atom stereocenters. The Morgan fingerprint density at radius 1 is 1.58 bits per heavy atom. The largest absolute Gasteiger partial charge is 0.312 e. The van der Waals surface area contributed by atoms with Gasteiger partial charge in [-0.2, -0.15) is 0 Å². The van der Waals surface area contributed by atoms with Gasteiger partial charge in [0.25, 0.3) is 0 Å². The molecule has 0 radical (unpaired) electrons. The molecule has 1 rings (SSSR count). The van der Waals surface area contributed by atoms with E-state index in [1.807, 2.05) is 13.1 Å². The fourth-order valence-electron chi connectivity index (χ4n) is 1.32. The Hall–Kier alpha value is -1.02. The first-order chi connectivity index (χ1) is 5.75. The highest BCUT2D eigenvalue weighted by molar-refractivity contribution is 5.26. The fraction of sp³-hybridized carbons (Fsp3) is 0.400. The molecule has 0 unspecified atom stereocenters. The summed E-state index contributed by atoms with van der Waals surface area (Å²) in [7, 11) is 2.03. The molecule has 0 saturated carbocycles. The van der Waals surface area contributed by atoms with E-state index in [1.165, 1.54) is 11.3 Å². The lowest BCUT2D eigenvalue weighted by Gasteiger charge is -2.28. The van der Waals surface area contributed by atoms with E-state index < -0.39 is 0 Å². The molecule has 0 aliphatic carbocycles. The summed E-state index contributed by atoms with van der Waals surface area (Å²) in [5.41, 5.74) is 5.94. The van der Waals surface area contributed by atoms with Crippen molar-refractivity contribution in [3.63, 3.8) is 0 Å². The number of hydrazine groups is 1. The van der Waals surface area contributed by atoms with Crippen LogP contribution in [0.5, 0.6) is 0 Å². The molecule has 2 heteroatoms. The monoisotopic (exact) mass is 164 g/mol. The van der Waals surface area contributed by atoms with Gasteiger partial charge in [0.2, 0.25) is 0 Å². The van der Waals surface area contributed by atoms with Crippen LogP contribution in [0.3, 0.4) is 0 Å². The Labute approximate surface area is 74.2 Å². The van der Waals surface area contributed by atoms with Crippen molar-refractivity contribution in [2.75, 3.05) is 13.6 Å². The van der Waals surface area contributed by atoms with E-state index in [0.29, 0.717) is 0 Å². The van der Waals surface area contributed by atoms with Crippen LogP contribution in [0.1, 0.15) is 13.3 Å². The van der Waals surface area contributed by atoms with Crippen LogP contribution in [0, 0.1) is 0 Å². The molecular formula is C10H16N2. The molecule has 12 heavy (non-hydrogen) atoms. The van der Waals surface area contributed by atoms with Crippen molar-refractivity contribution in [2.24, 2.45) is 0 Å². The number of likely N-dealkylation sites (N-methyl/N-ethyl adjacent to an activating group) is 1. The van der Waals surface area contributed by atoms with Gasteiger partial charge in [0.1, 0.15) is 0 Å². The molecule has 1 N–H and O–H groups in total. The molecule has 0 bridgehead atoms. The standard InChI is InChI=1S/C10H16N2/c1-4-5-6-10-9(2)7-8-11-12(10)3/h4-6,11H,1,7-8H2,2-3H3/b6-5-. The molecule has 2 nitrogen and oxygen atoms in total. The van der Waals surface area contributed by atoms with Gasteiger partial charge in [-0.1, -0.05) is 18.7 Å². The molecule has 0 aromatic heterocycles. The van der Waals surface area contributed by atoms with Crippen LogP contribution in [0.15, 0.2) is 36.1 Å². The maximum absolute atomic E-state index is 3.65. The average molecular weight is 164 g/mol. The van der Waals surface area contributed by atoms with E-state index in [0.717, 1.165) is 13.0 Å². The summed E-state index contributed by atoms with van der Waals surface area (Å²) in [5, 5.41) is 2.05. The van der Waals surface area contributed by atoms with E-state index in [1.54, 1.807) is 6.08 Å². The van der Waals surface area contributed by atoms with E-state index in [2.05, 4.69) is 30.0 Å². The summed E-state index contributed by atoms with van der Waals surface area (Å²) in [6, 6.07) is 0. The first kappa shape index (κ1) is 9.07. The molecule has 66 valence electrons. The molecule has 0 spiro atoms. The van der Waals surface area contributed by atoms with Gasteiger partial charge in [-0.25, -0.2) is 5.43 Å². The zero-order chi connectivity index (χ0) is 8.97. The zero-order valence-corrected chi connectivity index (χ0v) is 7.80. The van der Waals surface area contributed by atoms with Gasteiger partial charge < -0.3 is 5.01 Å². The molecule has 1 aliphatic heterocycles. The van der Waals surface area contributed by atoms with Gasteiger partial charge >= 0.3 is 0 Å². The summed E-state index contributed by atoms with van der Waals surface area (Å²) in [6.45, 7) is 6.85. The van der Waals surface area contributed by atoms with E-state index in [-0.39, 0.29) is 0 Å². The minimum Gasteiger partial charge on any atom is -0.312 e. The third-order valence-electron chi connectivity index (χ3n) is 2.04. The SMILES string of the molecule is C=C/C=C\C1=C(C)CCNN1C. The number of rotatable bonds is 2. The number of nitrogens with zero attached hydrogens (tertiary/aromatic N) is 1. The Balaban J connectivity index is 2.80. The molecule has 1 aliphatic rings. The zero-order valence-electron chi connectivity index (χ0n) is 7.80. The highest BCUT2D eigenvalue weighted by atomic mass is 15.5. The second-order valence-corrected chi connectivity index (χ2v) is 2.98. The van der Waals surface area contributed by atoms with E-state index in [9.17, 15) is 0 Å². The highest BCUT2D eigenvalue weighted by Gasteiger charge is 2.09. The predicted octanol–water partition coefficient (Wildman–Crippen LogP) is 1.84. The third kappa shape index (κ3) is 1.98. The normalized spacial score (nSPS) is 19.0. The van der Waals surface area contributed by atoms with Gasteiger partial charge in [-0.05, 0) is 25.0 Å². The summed E-state index contributed by atoms with van der Waals surface area (Å²) in [6.07, 6.45) is 6.96. The van der Waals surface area contributed by atoms with Crippen LogP contribution in [-0.2, 0) is 0 Å². The number of allylic oxidation sites excluding steroid dienone is 3. The lowest BCUT2D eigenvalue weighted by Crippen LogP contribution is -2.37. The second-order valence-electron chi connectivity index (χ2n) is 2.98. The summed E-state index contributed by atoms with van der Waals surface area (Å²) in [5.74, 6) is 0. The minimum absolute atomic E-state index is 1.04. The topological polar surface area (TPSA) is 15.3 Å². The Morgan fingerprint density at radius 3 is 2.92 bits per heavy atom. The van der Waals surface area contributed by atoms with Crippen molar-refractivity contribution in [3.8, 4) is 0 Å². The molecule has 0 aromatic rings. The fourth-order valence-corrected chi connectivity index (χ4v) is 1.32. The first-order valence-electron chi connectivity index (χ1n) is 4.22. The molecule has 0 fully saturated rings. The number of hydrogen-bond donors (Lipinski definition) is 1. The maximum Gasteiger partial charge on any atom is 0.0506 e. The van der Waals surface area contributed by atoms with Crippen LogP contribution in [-0.4, -0.2) is 18.6 Å². The van der Waals surface area contributed by atoms with Gasteiger partial charge in [-0.3, -0.25) is 0 Å². The van der Waals surface area contributed by atoms with Crippen LogP contribution >= 0.6 is 0 Å². The van der Waals surface area contributed by atoms with E-state index >= 15 is 0 Å². The van der Waals surface area contributed by atoms with Gasteiger partial charge in [0.05, 0.1) is 5.70 Å². The molecular weight excluding hydrogens is 148 g/mol. The van der Waals surface area contributed by atoms with Crippen molar-refractivity contribution >= 4 is 0 Å². The quantitative estimate of drug-likeness (QED) is 0.626. The lowest BCUT2D eigenvalue weighted by molar-refractivity contribution is 0.288. The predicted molar refractivity (Wildman–Crippen MR) is 52.4 cm³/mol. The summed E-state index contributed by atoms with van der Waals surface area (Å²) in [4.78, 5) is 0. The lowest BCUT2D eigenvalue weighted by atomic mass is 10.1. The molecule has 1 heterocycles. The molecule has 0 amide bonds. The van der Waals surface area contributed by atoms with Crippen molar-refractivity contribution in [3.05, 3.63) is 36.1 Å². The number of hydrogen-bond acceptors (Lipinski definition) is 2. The van der Waals surface area contributed by atoms with E-state index in [4.69, 9.17) is 0 Å². The van der Waals surface area contributed by atoms with Crippen LogP contribution in [0.25, 0.3) is 0 Å². The van der Waals surface area contributed by atoms with Crippen molar-refractivity contribution in [1.29, 1.82) is 0 Å². The van der Waals surface area contributed by atoms with Gasteiger partial charge in [0, 0.05) is 13.6 Å².